The Morgan fingerprint density at radius 2 is 2.11 bits per heavy atom. The van der Waals surface area contributed by atoms with Crippen molar-refractivity contribution in [3.8, 4) is 22.0 Å². The third kappa shape index (κ3) is 3.74. The Hall–Kier alpha value is -3.04. The number of benzene rings is 1. The van der Waals surface area contributed by atoms with Gasteiger partial charge in [0.25, 0.3) is 0 Å². The predicted molar refractivity (Wildman–Crippen MR) is 108 cm³/mol. The second kappa shape index (κ2) is 7.29. The molecule has 9 heteroatoms. The maximum Gasteiger partial charge on any atom is 0.245 e. The molecule has 0 fully saturated rings. The first-order chi connectivity index (χ1) is 13.1. The van der Waals surface area contributed by atoms with Crippen molar-refractivity contribution in [1.29, 1.82) is 0 Å². The van der Waals surface area contributed by atoms with Crippen LogP contribution in [0.5, 0.6) is 0 Å². The summed E-state index contributed by atoms with van der Waals surface area (Å²) < 4.78 is 2.06. The third-order valence-electron chi connectivity index (χ3n) is 3.97. The fraction of sp³-hybridized carbons (Fsp3) is 0.111. The van der Waals surface area contributed by atoms with Crippen molar-refractivity contribution in [2.45, 2.75) is 13.5 Å². The Balaban J connectivity index is 1.52. The first-order valence-electron chi connectivity index (χ1n) is 8.21. The molecule has 3 N–H and O–H groups in total. The number of aromatic nitrogens is 5. The number of rotatable bonds is 5. The lowest BCUT2D eigenvalue weighted by atomic mass is 10.1. The summed E-state index contributed by atoms with van der Waals surface area (Å²) in [5.74, 6) is 0.862. The number of amides is 1. The van der Waals surface area contributed by atoms with E-state index in [2.05, 4.69) is 25.7 Å². The van der Waals surface area contributed by atoms with Gasteiger partial charge in [0, 0.05) is 11.6 Å². The molecule has 0 radical (unpaired) electrons. The van der Waals surface area contributed by atoms with Gasteiger partial charge in [0.1, 0.15) is 6.54 Å². The Morgan fingerprint density at radius 1 is 1.22 bits per heavy atom. The molecule has 4 aromatic rings. The van der Waals surface area contributed by atoms with Crippen LogP contribution in [0.1, 0.15) is 5.56 Å². The van der Waals surface area contributed by atoms with Gasteiger partial charge in [-0.2, -0.15) is 10.2 Å². The highest BCUT2D eigenvalue weighted by Gasteiger charge is 2.14. The number of nitrogens with one attached hydrogen (secondary N) is 3. The summed E-state index contributed by atoms with van der Waals surface area (Å²) in [6, 6.07) is 13.6. The first kappa shape index (κ1) is 17.4. The molecule has 0 aliphatic carbocycles. The van der Waals surface area contributed by atoms with Crippen molar-refractivity contribution in [3.63, 3.8) is 0 Å². The van der Waals surface area contributed by atoms with Crippen LogP contribution in [0.3, 0.4) is 0 Å². The lowest BCUT2D eigenvalue weighted by Crippen LogP contribution is -2.19. The van der Waals surface area contributed by atoms with E-state index in [0.29, 0.717) is 16.4 Å². The molecule has 0 saturated heterocycles. The van der Waals surface area contributed by atoms with Gasteiger partial charge in [0.05, 0.1) is 10.6 Å². The monoisotopic (exact) mass is 396 g/mol. The SMILES string of the molecule is Cc1cccc(-c2n[nH]c(=S)n2CC(=O)Nc2cc(-c3cccs3)[nH]n2)c1. The van der Waals surface area contributed by atoms with Crippen LogP contribution in [-0.2, 0) is 11.3 Å². The zero-order chi connectivity index (χ0) is 18.8. The maximum atomic E-state index is 12.5. The second-order valence-corrected chi connectivity index (χ2v) is 7.33. The van der Waals surface area contributed by atoms with Crippen molar-refractivity contribution >= 4 is 35.3 Å². The second-order valence-electron chi connectivity index (χ2n) is 6.00. The Bertz CT molecular complexity index is 1140. The van der Waals surface area contributed by atoms with E-state index in [-0.39, 0.29) is 12.5 Å². The lowest BCUT2D eigenvalue weighted by molar-refractivity contribution is -0.116. The zero-order valence-corrected chi connectivity index (χ0v) is 16.0. The summed E-state index contributed by atoms with van der Waals surface area (Å²) >= 11 is 6.89. The van der Waals surface area contributed by atoms with Crippen LogP contribution >= 0.6 is 23.6 Å². The molecule has 0 unspecified atom stereocenters. The standard InChI is InChI=1S/C18H16N6OS2/c1-11-4-2-5-12(8-11)17-22-23-18(26)24(17)10-16(25)19-15-9-13(20-21-15)14-6-3-7-27-14/h2-9H,10H2,1H3,(H,23,26)(H2,19,20,21,25). The van der Waals surface area contributed by atoms with Crippen LogP contribution in [0.25, 0.3) is 22.0 Å². The number of carbonyl (C=O) groups is 1. The lowest BCUT2D eigenvalue weighted by Gasteiger charge is -2.07. The Morgan fingerprint density at radius 3 is 2.89 bits per heavy atom. The van der Waals surface area contributed by atoms with E-state index in [1.165, 1.54) is 0 Å². The summed E-state index contributed by atoms with van der Waals surface area (Å²) in [6.45, 7) is 2.05. The van der Waals surface area contributed by atoms with Gasteiger partial charge < -0.3 is 5.32 Å². The Kier molecular flexibility index (Phi) is 4.69. The highest BCUT2D eigenvalue weighted by atomic mass is 32.1. The molecular formula is C18H16N6OS2. The first-order valence-corrected chi connectivity index (χ1v) is 9.50. The summed E-state index contributed by atoms with van der Waals surface area (Å²) in [7, 11) is 0. The third-order valence-corrected chi connectivity index (χ3v) is 5.18. The molecule has 0 atom stereocenters. The minimum Gasteiger partial charge on any atom is -0.308 e. The predicted octanol–water partition coefficient (Wildman–Crippen LogP) is 4.01. The zero-order valence-electron chi connectivity index (χ0n) is 14.4. The molecule has 0 saturated carbocycles. The fourth-order valence-corrected chi connectivity index (χ4v) is 3.63. The van der Waals surface area contributed by atoms with Crippen molar-refractivity contribution in [2.75, 3.05) is 5.32 Å². The minimum atomic E-state index is -0.231. The normalized spacial score (nSPS) is 10.9. The number of H-pyrrole nitrogens is 2. The molecule has 0 bridgehead atoms. The molecule has 7 nitrogen and oxygen atoms in total. The van der Waals surface area contributed by atoms with Crippen LogP contribution in [0.2, 0.25) is 0 Å². The minimum absolute atomic E-state index is 0.0415. The van der Waals surface area contributed by atoms with Gasteiger partial charge >= 0.3 is 0 Å². The summed E-state index contributed by atoms with van der Waals surface area (Å²) in [4.78, 5) is 13.6. The van der Waals surface area contributed by atoms with Crippen molar-refractivity contribution in [2.24, 2.45) is 0 Å². The molecule has 0 aliphatic heterocycles. The molecule has 1 aromatic carbocycles. The van der Waals surface area contributed by atoms with E-state index in [4.69, 9.17) is 12.2 Å². The number of nitrogens with zero attached hydrogens (tertiary/aromatic N) is 3. The number of hydrogen-bond acceptors (Lipinski definition) is 5. The highest BCUT2D eigenvalue weighted by Crippen LogP contribution is 2.24. The highest BCUT2D eigenvalue weighted by molar-refractivity contribution is 7.71. The van der Waals surface area contributed by atoms with Crippen LogP contribution in [-0.4, -0.2) is 30.9 Å². The smallest absolute Gasteiger partial charge is 0.245 e. The summed E-state index contributed by atoms with van der Waals surface area (Å²) in [5, 5.41) is 18.9. The number of carbonyl (C=O) groups excluding carboxylic acids is 1. The van der Waals surface area contributed by atoms with Crippen LogP contribution < -0.4 is 5.32 Å². The number of aromatic amines is 2. The van der Waals surface area contributed by atoms with Crippen molar-refractivity contribution in [1.82, 2.24) is 25.0 Å². The average molecular weight is 397 g/mol. The van der Waals surface area contributed by atoms with E-state index in [9.17, 15) is 4.79 Å². The van der Waals surface area contributed by atoms with Crippen LogP contribution in [0, 0.1) is 11.7 Å². The Labute approximate surface area is 164 Å². The molecule has 136 valence electrons. The van der Waals surface area contributed by atoms with Gasteiger partial charge in [-0.15, -0.1) is 11.3 Å². The van der Waals surface area contributed by atoms with E-state index < -0.39 is 0 Å². The van der Waals surface area contributed by atoms with E-state index in [1.54, 1.807) is 22.0 Å². The van der Waals surface area contributed by atoms with E-state index in [1.807, 2.05) is 48.7 Å². The molecule has 0 aliphatic rings. The molecule has 3 heterocycles. The number of thiophene rings is 1. The van der Waals surface area contributed by atoms with Crippen molar-refractivity contribution < 1.29 is 4.79 Å². The van der Waals surface area contributed by atoms with Gasteiger partial charge in [-0.3, -0.25) is 19.6 Å². The summed E-state index contributed by atoms with van der Waals surface area (Å²) in [6.07, 6.45) is 0. The quantitative estimate of drug-likeness (QED) is 0.445. The largest absolute Gasteiger partial charge is 0.308 e. The van der Waals surface area contributed by atoms with E-state index in [0.717, 1.165) is 21.7 Å². The number of hydrogen-bond donors (Lipinski definition) is 3. The van der Waals surface area contributed by atoms with Gasteiger partial charge in [-0.1, -0.05) is 29.8 Å². The molecule has 1 amide bonds. The average Bonchev–Trinajstić information content (AvgIpc) is 3.37. The molecule has 27 heavy (non-hydrogen) atoms. The van der Waals surface area contributed by atoms with Gasteiger partial charge in [0.15, 0.2) is 16.4 Å². The molecule has 0 spiro atoms. The van der Waals surface area contributed by atoms with Gasteiger partial charge in [-0.25, -0.2) is 0 Å². The number of anilines is 1. The molecule has 4 rings (SSSR count). The van der Waals surface area contributed by atoms with E-state index >= 15 is 0 Å². The molecule has 3 aromatic heterocycles. The van der Waals surface area contributed by atoms with Gasteiger partial charge in [-0.05, 0) is 36.7 Å². The van der Waals surface area contributed by atoms with Gasteiger partial charge in [0.2, 0.25) is 5.91 Å². The molecular weight excluding hydrogens is 380 g/mol. The maximum absolute atomic E-state index is 12.5. The van der Waals surface area contributed by atoms with Crippen LogP contribution in [0.4, 0.5) is 5.82 Å². The fourth-order valence-electron chi connectivity index (χ4n) is 2.74. The van der Waals surface area contributed by atoms with Crippen LogP contribution in [0.15, 0.2) is 47.8 Å². The van der Waals surface area contributed by atoms with Crippen molar-refractivity contribution in [3.05, 3.63) is 58.2 Å². The topological polar surface area (TPSA) is 91.4 Å². The summed E-state index contributed by atoms with van der Waals surface area (Å²) in [5.41, 5.74) is 2.87. The number of aryl methyl sites for hydroxylation is 1.